The van der Waals surface area contributed by atoms with Crippen LogP contribution in [0, 0.1) is 11.3 Å². The second-order valence-electron chi connectivity index (χ2n) is 6.26. The van der Waals surface area contributed by atoms with Crippen LogP contribution in [0.3, 0.4) is 0 Å². The Kier molecular flexibility index (Phi) is 3.50. The Hall–Kier alpha value is -2.39. The number of amides is 1. The molecule has 0 N–H and O–H groups in total. The Bertz CT molecular complexity index is 774. The van der Waals surface area contributed by atoms with Crippen LogP contribution in [-0.2, 0) is 11.2 Å². The van der Waals surface area contributed by atoms with E-state index in [1.165, 1.54) is 12.8 Å². The van der Waals surface area contributed by atoms with Crippen molar-refractivity contribution in [2.24, 2.45) is 0 Å². The number of hydrogen-bond donors (Lipinski definition) is 0. The summed E-state index contributed by atoms with van der Waals surface area (Å²) in [7, 11) is 0. The summed E-state index contributed by atoms with van der Waals surface area (Å²) in [5.74, 6) is 0.0137. The quantitative estimate of drug-likeness (QED) is 0.860. The van der Waals surface area contributed by atoms with Gasteiger partial charge in [0.1, 0.15) is 11.7 Å². The first-order chi connectivity index (χ1) is 11.3. The molecular formula is C17H18N4O2. The summed E-state index contributed by atoms with van der Waals surface area (Å²) < 4.78 is 5.26. The van der Waals surface area contributed by atoms with Crippen LogP contribution in [-0.4, -0.2) is 52.6 Å². The monoisotopic (exact) mass is 310 g/mol. The van der Waals surface area contributed by atoms with E-state index in [1.54, 1.807) is 4.90 Å². The van der Waals surface area contributed by atoms with Crippen molar-refractivity contribution in [2.75, 3.05) is 19.6 Å². The van der Waals surface area contributed by atoms with Gasteiger partial charge in [-0.25, -0.2) is 0 Å². The molecule has 118 valence electrons. The lowest BCUT2D eigenvalue weighted by Crippen LogP contribution is -2.55. The summed E-state index contributed by atoms with van der Waals surface area (Å²) in [6.07, 6.45) is 2.58. The van der Waals surface area contributed by atoms with Crippen LogP contribution in [0.15, 0.2) is 28.8 Å². The molecule has 2 fully saturated rings. The average molecular weight is 310 g/mol. The number of aromatic nitrogens is 1. The Balaban J connectivity index is 1.46. The number of benzene rings is 1. The Morgan fingerprint density at radius 3 is 2.96 bits per heavy atom. The highest BCUT2D eigenvalue weighted by Crippen LogP contribution is 2.30. The third-order valence-corrected chi connectivity index (χ3v) is 4.71. The standard InChI is InChI=1S/C17H18N4O2/c18-10-13-11-20(7-8-21(13)12-5-6-12)17(22)9-15-14-3-1-2-4-16(14)23-19-15/h1-4,12-13H,5-9,11H2. The first kappa shape index (κ1) is 14.2. The minimum absolute atomic E-state index is 0.0137. The second kappa shape index (κ2) is 5.67. The number of nitriles is 1. The lowest BCUT2D eigenvalue weighted by Gasteiger charge is -2.38. The molecule has 1 aromatic heterocycles. The smallest absolute Gasteiger partial charge is 0.228 e. The van der Waals surface area contributed by atoms with Gasteiger partial charge in [-0.3, -0.25) is 9.69 Å². The average Bonchev–Trinajstić information content (AvgIpc) is 3.36. The van der Waals surface area contributed by atoms with Gasteiger partial charge in [-0.05, 0) is 25.0 Å². The van der Waals surface area contributed by atoms with Gasteiger partial charge in [0.15, 0.2) is 5.58 Å². The minimum atomic E-state index is -0.186. The summed E-state index contributed by atoms with van der Waals surface area (Å²) >= 11 is 0. The van der Waals surface area contributed by atoms with Gasteiger partial charge >= 0.3 is 0 Å². The normalized spacial score (nSPS) is 22.2. The van der Waals surface area contributed by atoms with E-state index in [1.807, 2.05) is 24.3 Å². The van der Waals surface area contributed by atoms with E-state index in [2.05, 4.69) is 16.1 Å². The van der Waals surface area contributed by atoms with Crippen molar-refractivity contribution in [3.05, 3.63) is 30.0 Å². The summed E-state index contributed by atoms with van der Waals surface area (Å²) in [4.78, 5) is 16.6. The number of para-hydroxylation sites is 1. The molecule has 2 aromatic rings. The highest BCUT2D eigenvalue weighted by atomic mass is 16.5. The van der Waals surface area contributed by atoms with Crippen LogP contribution < -0.4 is 0 Å². The molecule has 1 unspecified atom stereocenters. The zero-order chi connectivity index (χ0) is 15.8. The molecule has 0 bridgehead atoms. The van der Waals surface area contributed by atoms with E-state index in [4.69, 9.17) is 4.52 Å². The van der Waals surface area contributed by atoms with Crippen molar-refractivity contribution in [2.45, 2.75) is 31.3 Å². The third-order valence-electron chi connectivity index (χ3n) is 4.71. The first-order valence-corrected chi connectivity index (χ1v) is 8.02. The maximum atomic E-state index is 12.6. The number of fused-ring (bicyclic) bond motifs is 1. The number of carbonyl (C=O) groups excluding carboxylic acids is 1. The van der Waals surface area contributed by atoms with Gasteiger partial charge in [-0.1, -0.05) is 17.3 Å². The van der Waals surface area contributed by atoms with Gasteiger partial charge < -0.3 is 9.42 Å². The van der Waals surface area contributed by atoms with Crippen LogP contribution in [0.1, 0.15) is 18.5 Å². The van der Waals surface area contributed by atoms with Crippen molar-refractivity contribution in [3.63, 3.8) is 0 Å². The van der Waals surface area contributed by atoms with E-state index in [0.717, 1.165) is 11.9 Å². The molecule has 6 heteroatoms. The molecule has 2 heterocycles. The number of carbonyl (C=O) groups is 1. The maximum absolute atomic E-state index is 12.6. The Morgan fingerprint density at radius 2 is 2.17 bits per heavy atom. The van der Waals surface area contributed by atoms with Crippen molar-refractivity contribution < 1.29 is 9.32 Å². The molecular weight excluding hydrogens is 292 g/mol. The van der Waals surface area contributed by atoms with Crippen LogP contribution in [0.5, 0.6) is 0 Å². The van der Waals surface area contributed by atoms with Gasteiger partial charge in [-0.15, -0.1) is 0 Å². The molecule has 1 saturated carbocycles. The molecule has 4 rings (SSSR count). The SMILES string of the molecule is N#CC1CN(C(=O)Cc2noc3ccccc23)CCN1C1CC1. The molecule has 1 atom stereocenters. The van der Waals surface area contributed by atoms with Crippen LogP contribution in [0.2, 0.25) is 0 Å². The Labute approximate surface area is 134 Å². The lowest BCUT2D eigenvalue weighted by atomic mass is 10.1. The van der Waals surface area contributed by atoms with E-state index in [-0.39, 0.29) is 18.4 Å². The van der Waals surface area contributed by atoms with Crippen LogP contribution in [0.25, 0.3) is 11.0 Å². The number of rotatable bonds is 3. The molecule has 1 amide bonds. The fourth-order valence-corrected chi connectivity index (χ4v) is 3.30. The molecule has 2 aliphatic rings. The van der Waals surface area contributed by atoms with Crippen LogP contribution in [0.4, 0.5) is 0 Å². The largest absolute Gasteiger partial charge is 0.356 e. The van der Waals surface area contributed by atoms with Gasteiger partial charge in [0.05, 0.1) is 12.5 Å². The Morgan fingerprint density at radius 1 is 1.35 bits per heavy atom. The number of piperazine rings is 1. The predicted molar refractivity (Wildman–Crippen MR) is 83.4 cm³/mol. The fraction of sp³-hybridized carbons (Fsp3) is 0.471. The fourth-order valence-electron chi connectivity index (χ4n) is 3.30. The van der Waals surface area contributed by atoms with Crippen molar-refractivity contribution in [3.8, 4) is 6.07 Å². The van der Waals surface area contributed by atoms with Gasteiger partial charge in [-0.2, -0.15) is 5.26 Å². The van der Waals surface area contributed by atoms with Crippen molar-refractivity contribution in [1.82, 2.24) is 15.0 Å². The van der Waals surface area contributed by atoms with E-state index in [0.29, 0.717) is 30.4 Å². The summed E-state index contributed by atoms with van der Waals surface area (Å²) in [5, 5.41) is 14.3. The van der Waals surface area contributed by atoms with Crippen molar-refractivity contribution >= 4 is 16.9 Å². The molecule has 1 aliphatic carbocycles. The maximum Gasteiger partial charge on any atom is 0.228 e. The molecule has 1 saturated heterocycles. The summed E-state index contributed by atoms with van der Waals surface area (Å²) in [6, 6.07) is 10.3. The zero-order valence-electron chi connectivity index (χ0n) is 12.8. The second-order valence-corrected chi connectivity index (χ2v) is 6.26. The molecule has 6 nitrogen and oxygen atoms in total. The van der Waals surface area contributed by atoms with E-state index in [9.17, 15) is 10.1 Å². The minimum Gasteiger partial charge on any atom is -0.356 e. The number of nitrogens with zero attached hydrogens (tertiary/aromatic N) is 4. The molecule has 1 aliphatic heterocycles. The number of hydrogen-bond acceptors (Lipinski definition) is 5. The molecule has 23 heavy (non-hydrogen) atoms. The molecule has 0 spiro atoms. The zero-order valence-corrected chi connectivity index (χ0v) is 12.8. The topological polar surface area (TPSA) is 73.4 Å². The highest BCUT2D eigenvalue weighted by molar-refractivity contribution is 5.86. The van der Waals surface area contributed by atoms with Gasteiger partial charge in [0, 0.05) is 31.1 Å². The molecule has 0 radical (unpaired) electrons. The third kappa shape index (κ3) is 2.68. The summed E-state index contributed by atoms with van der Waals surface area (Å²) in [6.45, 7) is 1.96. The highest BCUT2D eigenvalue weighted by Gasteiger charge is 2.38. The molecule has 1 aromatic carbocycles. The van der Waals surface area contributed by atoms with E-state index >= 15 is 0 Å². The summed E-state index contributed by atoms with van der Waals surface area (Å²) in [5.41, 5.74) is 1.37. The first-order valence-electron chi connectivity index (χ1n) is 8.02. The predicted octanol–water partition coefficient (Wildman–Crippen LogP) is 1.57. The van der Waals surface area contributed by atoms with Crippen LogP contribution >= 0.6 is 0 Å². The lowest BCUT2D eigenvalue weighted by molar-refractivity contribution is -0.133. The van der Waals surface area contributed by atoms with Gasteiger partial charge in [0.2, 0.25) is 5.91 Å². The van der Waals surface area contributed by atoms with Gasteiger partial charge in [0.25, 0.3) is 0 Å². The van der Waals surface area contributed by atoms with Crippen molar-refractivity contribution in [1.29, 1.82) is 5.26 Å². The van der Waals surface area contributed by atoms with E-state index < -0.39 is 0 Å².